The number of H-pyrrole nitrogens is 1. The maximum atomic E-state index is 13.3. The lowest BCUT2D eigenvalue weighted by atomic mass is 10.0. The van der Waals surface area contributed by atoms with E-state index in [1.54, 1.807) is 24.4 Å². The van der Waals surface area contributed by atoms with Crippen LogP contribution in [0.15, 0.2) is 60.1 Å². The van der Waals surface area contributed by atoms with E-state index in [1.807, 2.05) is 11.4 Å². The number of thiophene rings is 1. The lowest BCUT2D eigenvalue weighted by Crippen LogP contribution is -2.14. The molecule has 0 bridgehead atoms. The zero-order valence-corrected chi connectivity index (χ0v) is 16.8. The number of ether oxygens (including phenoxy) is 1. The van der Waals surface area contributed by atoms with Gasteiger partial charge in [0.05, 0.1) is 22.2 Å². The van der Waals surface area contributed by atoms with Crippen molar-refractivity contribution in [1.82, 2.24) is 15.4 Å². The van der Waals surface area contributed by atoms with E-state index in [0.717, 1.165) is 10.4 Å². The molecular formula is C21H13F6N3OS. The van der Waals surface area contributed by atoms with E-state index in [0.29, 0.717) is 29.5 Å². The lowest BCUT2D eigenvalue weighted by Gasteiger charge is -2.16. The number of hydrogen-bond donors (Lipinski definition) is 1. The van der Waals surface area contributed by atoms with Gasteiger partial charge in [0.1, 0.15) is 18.1 Å². The van der Waals surface area contributed by atoms with E-state index >= 15 is 0 Å². The van der Waals surface area contributed by atoms with E-state index in [1.165, 1.54) is 17.4 Å². The summed E-state index contributed by atoms with van der Waals surface area (Å²) >= 11 is 1.43. The summed E-state index contributed by atoms with van der Waals surface area (Å²) in [5.74, 6) is 0.213. The summed E-state index contributed by atoms with van der Waals surface area (Å²) in [6.45, 7) is -0.679. The maximum Gasteiger partial charge on any atom is 0.416 e. The van der Waals surface area contributed by atoms with Crippen LogP contribution in [-0.4, -0.2) is 15.4 Å². The summed E-state index contributed by atoms with van der Waals surface area (Å²) in [6, 6.07) is 9.70. The highest BCUT2D eigenvalue weighted by molar-refractivity contribution is 7.14. The Kier molecular flexibility index (Phi) is 5.68. The molecule has 11 heteroatoms. The highest BCUT2D eigenvalue weighted by Crippen LogP contribution is 2.38. The van der Waals surface area contributed by atoms with Gasteiger partial charge in [-0.3, -0.25) is 0 Å². The van der Waals surface area contributed by atoms with Gasteiger partial charge >= 0.3 is 12.4 Å². The third-order valence-corrected chi connectivity index (χ3v) is 5.53. The smallest absolute Gasteiger partial charge is 0.416 e. The number of aromatic nitrogens is 3. The summed E-state index contributed by atoms with van der Waals surface area (Å²) < 4.78 is 84.3. The van der Waals surface area contributed by atoms with Crippen LogP contribution in [0.3, 0.4) is 0 Å². The predicted octanol–water partition coefficient (Wildman–Crippen LogP) is 6.82. The van der Waals surface area contributed by atoms with Gasteiger partial charge in [0, 0.05) is 11.1 Å². The van der Waals surface area contributed by atoms with Crippen molar-refractivity contribution in [3.8, 4) is 27.4 Å². The average molecular weight is 469 g/mol. The van der Waals surface area contributed by atoms with Crippen molar-refractivity contribution in [3.05, 3.63) is 76.8 Å². The number of halogens is 6. The Morgan fingerprint density at radius 2 is 1.75 bits per heavy atom. The Morgan fingerprint density at radius 3 is 2.44 bits per heavy atom. The fraction of sp³-hybridized carbons (Fsp3) is 0.143. The molecule has 2 heterocycles. The fourth-order valence-electron chi connectivity index (χ4n) is 3.13. The number of nitrogens with zero attached hydrogens (tertiary/aromatic N) is 2. The molecule has 0 spiro atoms. The van der Waals surface area contributed by atoms with E-state index in [4.69, 9.17) is 4.74 Å². The minimum Gasteiger partial charge on any atom is -0.489 e. The van der Waals surface area contributed by atoms with Gasteiger partial charge in [-0.15, -0.1) is 11.3 Å². The Bertz CT molecular complexity index is 1220. The van der Waals surface area contributed by atoms with Gasteiger partial charge in [-0.1, -0.05) is 12.1 Å². The molecule has 2 aromatic heterocycles. The molecule has 0 aliphatic carbocycles. The third kappa shape index (κ3) is 4.62. The van der Waals surface area contributed by atoms with Crippen LogP contribution < -0.4 is 4.74 Å². The maximum absolute atomic E-state index is 13.3. The van der Waals surface area contributed by atoms with Crippen LogP contribution in [0.5, 0.6) is 5.75 Å². The van der Waals surface area contributed by atoms with Gasteiger partial charge < -0.3 is 4.74 Å². The first-order valence-electron chi connectivity index (χ1n) is 9.07. The SMILES string of the molecule is FC(F)(F)c1ccc(C(F)(F)F)c(COc2cccc(-c3ccsc3-c3cn[nH]n3)c2)c1. The molecule has 0 amide bonds. The zero-order valence-electron chi connectivity index (χ0n) is 16.0. The van der Waals surface area contributed by atoms with Gasteiger partial charge in [0.25, 0.3) is 0 Å². The van der Waals surface area contributed by atoms with Crippen LogP contribution in [0.4, 0.5) is 26.3 Å². The first-order valence-corrected chi connectivity index (χ1v) is 9.95. The van der Waals surface area contributed by atoms with Crippen LogP contribution >= 0.6 is 11.3 Å². The van der Waals surface area contributed by atoms with Crippen LogP contribution in [0.25, 0.3) is 21.7 Å². The highest BCUT2D eigenvalue weighted by Gasteiger charge is 2.37. The minimum absolute atomic E-state index is 0.213. The molecule has 0 saturated heterocycles. The molecule has 0 fully saturated rings. The molecular weight excluding hydrogens is 456 g/mol. The fourth-order valence-corrected chi connectivity index (χ4v) is 4.00. The zero-order chi connectivity index (χ0) is 22.9. The summed E-state index contributed by atoms with van der Waals surface area (Å²) in [4.78, 5) is 0.827. The van der Waals surface area contributed by atoms with E-state index in [9.17, 15) is 26.3 Å². The quantitative estimate of drug-likeness (QED) is 0.327. The second-order valence-electron chi connectivity index (χ2n) is 6.70. The van der Waals surface area contributed by atoms with Gasteiger partial charge in [-0.25, -0.2) is 0 Å². The number of nitrogens with one attached hydrogen (secondary N) is 1. The first kappa shape index (κ1) is 21.9. The van der Waals surface area contributed by atoms with Gasteiger partial charge in [0.15, 0.2) is 0 Å². The number of hydrogen-bond acceptors (Lipinski definition) is 4. The normalized spacial score (nSPS) is 12.2. The summed E-state index contributed by atoms with van der Waals surface area (Å²) in [5, 5.41) is 12.2. The molecule has 166 valence electrons. The van der Waals surface area contributed by atoms with Crippen molar-refractivity contribution in [2.24, 2.45) is 0 Å². The molecule has 0 aliphatic rings. The van der Waals surface area contributed by atoms with E-state index in [2.05, 4.69) is 15.4 Å². The Labute approximate surface area is 181 Å². The number of alkyl halides is 6. The topological polar surface area (TPSA) is 50.8 Å². The van der Waals surface area contributed by atoms with Crippen molar-refractivity contribution >= 4 is 11.3 Å². The van der Waals surface area contributed by atoms with Crippen LogP contribution in [0.1, 0.15) is 16.7 Å². The van der Waals surface area contributed by atoms with E-state index in [-0.39, 0.29) is 5.75 Å². The molecule has 0 aliphatic heterocycles. The summed E-state index contributed by atoms with van der Waals surface area (Å²) in [6.07, 6.45) is -8.02. The second-order valence-corrected chi connectivity index (χ2v) is 7.62. The molecule has 0 unspecified atom stereocenters. The lowest BCUT2D eigenvalue weighted by molar-refractivity contribution is -0.142. The number of rotatable bonds is 5. The molecule has 4 aromatic rings. The minimum atomic E-state index is -4.81. The van der Waals surface area contributed by atoms with E-state index < -0.39 is 35.6 Å². The van der Waals surface area contributed by atoms with Gasteiger partial charge in [0.2, 0.25) is 0 Å². The molecule has 1 N–H and O–H groups in total. The van der Waals surface area contributed by atoms with Crippen molar-refractivity contribution in [3.63, 3.8) is 0 Å². The molecule has 4 nitrogen and oxygen atoms in total. The second kappa shape index (κ2) is 8.30. The molecule has 32 heavy (non-hydrogen) atoms. The van der Waals surface area contributed by atoms with Crippen molar-refractivity contribution < 1.29 is 31.1 Å². The molecule has 0 radical (unpaired) electrons. The predicted molar refractivity (Wildman–Crippen MR) is 106 cm³/mol. The van der Waals surface area contributed by atoms with Crippen molar-refractivity contribution in [1.29, 1.82) is 0 Å². The Hall–Kier alpha value is -3.34. The van der Waals surface area contributed by atoms with Crippen LogP contribution in [0.2, 0.25) is 0 Å². The van der Waals surface area contributed by atoms with Crippen LogP contribution in [0, 0.1) is 0 Å². The molecule has 0 atom stereocenters. The van der Waals surface area contributed by atoms with Gasteiger partial charge in [-0.2, -0.15) is 41.8 Å². The van der Waals surface area contributed by atoms with Crippen molar-refractivity contribution in [2.75, 3.05) is 0 Å². The third-order valence-electron chi connectivity index (χ3n) is 4.59. The molecule has 0 saturated carbocycles. The standard InChI is InChI=1S/C21H13F6N3OS/c22-20(23,24)14-4-5-17(21(25,26)27)13(8-14)11-31-15-3-1-2-12(9-15)16-6-7-32-19(16)18-10-28-30-29-18/h1-10H,11H2,(H,28,29,30). The molecule has 4 rings (SSSR count). The number of benzene rings is 2. The van der Waals surface area contributed by atoms with Gasteiger partial charge in [-0.05, 0) is 47.3 Å². The highest BCUT2D eigenvalue weighted by atomic mass is 32.1. The largest absolute Gasteiger partial charge is 0.489 e. The van der Waals surface area contributed by atoms with Crippen molar-refractivity contribution in [2.45, 2.75) is 19.0 Å². The number of aromatic amines is 1. The summed E-state index contributed by atoms with van der Waals surface area (Å²) in [7, 11) is 0. The first-order chi connectivity index (χ1) is 15.1. The Balaban J connectivity index is 1.62. The summed E-state index contributed by atoms with van der Waals surface area (Å²) in [5.41, 5.74) is -0.802. The Morgan fingerprint density at radius 1 is 0.938 bits per heavy atom. The molecule has 2 aromatic carbocycles. The monoisotopic (exact) mass is 469 g/mol. The van der Waals surface area contributed by atoms with Crippen LogP contribution in [-0.2, 0) is 19.0 Å². The average Bonchev–Trinajstić information content (AvgIpc) is 3.42.